The number of phenols is 1. The van der Waals surface area contributed by atoms with Gasteiger partial charge in [-0.05, 0) is 55.5 Å². The van der Waals surface area contributed by atoms with Gasteiger partial charge in [0.2, 0.25) is 0 Å². The van der Waals surface area contributed by atoms with Crippen molar-refractivity contribution < 1.29 is 24.2 Å². The number of hydrogen-bond donors (Lipinski definition) is 1. The van der Waals surface area contributed by atoms with Gasteiger partial charge in [-0.3, -0.25) is 4.79 Å². The molecule has 0 bridgehead atoms. The minimum Gasteiger partial charge on any atom is -0.504 e. The zero-order valence-corrected chi connectivity index (χ0v) is 17.2. The van der Waals surface area contributed by atoms with E-state index in [0.717, 1.165) is 19.3 Å². The lowest BCUT2D eigenvalue weighted by atomic mass is 10.0. The van der Waals surface area contributed by atoms with Crippen LogP contribution in [0.1, 0.15) is 37.3 Å². The largest absolute Gasteiger partial charge is 0.504 e. The first-order valence-electron chi connectivity index (χ1n) is 10.3. The molecule has 0 aromatic heterocycles. The van der Waals surface area contributed by atoms with Crippen LogP contribution in [-0.4, -0.2) is 48.2 Å². The van der Waals surface area contributed by atoms with E-state index in [0.29, 0.717) is 42.1 Å². The first-order chi connectivity index (χ1) is 14.6. The van der Waals surface area contributed by atoms with E-state index in [4.69, 9.17) is 9.47 Å². The van der Waals surface area contributed by atoms with E-state index in [-0.39, 0.29) is 18.3 Å². The molecule has 158 valence electrons. The maximum absolute atomic E-state index is 12.9. The number of rotatable bonds is 7. The van der Waals surface area contributed by atoms with Crippen LogP contribution in [0.3, 0.4) is 0 Å². The summed E-state index contributed by atoms with van der Waals surface area (Å²) in [6.45, 7) is 3.39. The highest BCUT2D eigenvalue weighted by atomic mass is 16.5. The third-order valence-corrected chi connectivity index (χ3v) is 4.93. The molecule has 1 saturated heterocycles. The molecule has 0 aliphatic carbocycles. The maximum atomic E-state index is 12.9. The van der Waals surface area contributed by atoms with Gasteiger partial charge in [0, 0.05) is 13.1 Å². The summed E-state index contributed by atoms with van der Waals surface area (Å²) in [6.07, 6.45) is 4.77. The van der Waals surface area contributed by atoms with Crippen molar-refractivity contribution in [2.75, 3.05) is 26.3 Å². The standard InChI is InChI=1S/C24H27NO5/c1-2-29-22-16-18(11-12-21(22)26)15-20(19-9-5-3-6-10-19)24(28)30-17-23(27)25-13-7-4-8-14-25/h3,5-6,9-12,15-16,26H,2,4,7-8,13-14,17H2,1H3/b20-15+. The average Bonchev–Trinajstić information content (AvgIpc) is 2.79. The predicted octanol–water partition coefficient (Wildman–Crippen LogP) is 3.89. The fourth-order valence-electron chi connectivity index (χ4n) is 3.38. The van der Waals surface area contributed by atoms with Crippen molar-refractivity contribution in [3.63, 3.8) is 0 Å². The molecule has 1 amide bonds. The van der Waals surface area contributed by atoms with Crippen molar-refractivity contribution in [2.45, 2.75) is 26.2 Å². The van der Waals surface area contributed by atoms with Crippen LogP contribution in [0.2, 0.25) is 0 Å². The Labute approximate surface area is 176 Å². The van der Waals surface area contributed by atoms with Crippen LogP contribution in [0.5, 0.6) is 11.5 Å². The van der Waals surface area contributed by atoms with Gasteiger partial charge in [0.15, 0.2) is 18.1 Å². The number of phenolic OH excluding ortho intramolecular Hbond substituents is 1. The van der Waals surface area contributed by atoms with Gasteiger partial charge in [-0.25, -0.2) is 4.79 Å². The van der Waals surface area contributed by atoms with Crippen molar-refractivity contribution in [3.05, 3.63) is 59.7 Å². The summed E-state index contributed by atoms with van der Waals surface area (Å²) >= 11 is 0. The minimum atomic E-state index is -0.572. The Morgan fingerprint density at radius 2 is 1.80 bits per heavy atom. The number of benzene rings is 2. The molecule has 0 spiro atoms. The lowest BCUT2D eigenvalue weighted by Crippen LogP contribution is -2.38. The molecule has 30 heavy (non-hydrogen) atoms. The summed E-state index contributed by atoms with van der Waals surface area (Å²) in [5.74, 6) is -0.367. The third-order valence-electron chi connectivity index (χ3n) is 4.93. The van der Waals surface area contributed by atoms with E-state index in [1.54, 1.807) is 23.1 Å². The van der Waals surface area contributed by atoms with Gasteiger partial charge in [-0.2, -0.15) is 0 Å². The molecule has 1 N–H and O–H groups in total. The number of carbonyl (C=O) groups excluding carboxylic acids is 2. The smallest absolute Gasteiger partial charge is 0.339 e. The first-order valence-corrected chi connectivity index (χ1v) is 10.3. The monoisotopic (exact) mass is 409 g/mol. The predicted molar refractivity (Wildman–Crippen MR) is 115 cm³/mol. The summed E-state index contributed by atoms with van der Waals surface area (Å²) in [4.78, 5) is 27.0. The van der Waals surface area contributed by atoms with Gasteiger partial charge in [-0.15, -0.1) is 0 Å². The van der Waals surface area contributed by atoms with E-state index in [1.165, 1.54) is 6.07 Å². The molecule has 2 aromatic carbocycles. The molecule has 6 heteroatoms. The summed E-state index contributed by atoms with van der Waals surface area (Å²) in [5, 5.41) is 9.92. The second-order valence-corrected chi connectivity index (χ2v) is 7.10. The maximum Gasteiger partial charge on any atom is 0.339 e. The van der Waals surface area contributed by atoms with E-state index >= 15 is 0 Å². The van der Waals surface area contributed by atoms with Crippen molar-refractivity contribution in [3.8, 4) is 11.5 Å². The Hall–Kier alpha value is -3.28. The highest BCUT2D eigenvalue weighted by Gasteiger charge is 2.20. The van der Waals surface area contributed by atoms with Crippen molar-refractivity contribution >= 4 is 23.5 Å². The molecule has 0 radical (unpaired) electrons. The highest BCUT2D eigenvalue weighted by molar-refractivity contribution is 6.21. The molecule has 1 aliphatic heterocycles. The van der Waals surface area contributed by atoms with E-state index in [2.05, 4.69) is 0 Å². The Balaban J connectivity index is 1.80. The Kier molecular flexibility index (Phi) is 7.49. The average molecular weight is 409 g/mol. The zero-order chi connectivity index (χ0) is 21.3. The van der Waals surface area contributed by atoms with Crippen LogP contribution in [0.15, 0.2) is 48.5 Å². The molecule has 0 unspecified atom stereocenters. The van der Waals surface area contributed by atoms with Crippen molar-refractivity contribution in [1.29, 1.82) is 0 Å². The number of ether oxygens (including phenoxy) is 2. The van der Waals surface area contributed by atoms with Crippen LogP contribution in [0, 0.1) is 0 Å². The SMILES string of the molecule is CCOc1cc(/C=C(/C(=O)OCC(=O)N2CCCCC2)c2ccccc2)ccc1O. The lowest BCUT2D eigenvalue weighted by Gasteiger charge is -2.26. The number of likely N-dealkylation sites (tertiary alicyclic amines) is 1. The lowest BCUT2D eigenvalue weighted by molar-refractivity contribution is -0.147. The number of hydrogen-bond acceptors (Lipinski definition) is 5. The second kappa shape index (κ2) is 10.5. The number of amides is 1. The van der Waals surface area contributed by atoms with E-state index in [1.807, 2.05) is 37.3 Å². The topological polar surface area (TPSA) is 76.1 Å². The van der Waals surface area contributed by atoms with Crippen molar-refractivity contribution in [2.24, 2.45) is 0 Å². The van der Waals surface area contributed by atoms with Gasteiger partial charge in [0.25, 0.3) is 5.91 Å². The molecule has 0 saturated carbocycles. The number of nitrogens with zero attached hydrogens (tertiary/aromatic N) is 1. The van der Waals surface area contributed by atoms with Gasteiger partial charge >= 0.3 is 5.97 Å². The van der Waals surface area contributed by atoms with Gasteiger partial charge < -0.3 is 19.5 Å². The van der Waals surface area contributed by atoms with Gasteiger partial charge in [-0.1, -0.05) is 36.4 Å². The molecule has 2 aromatic rings. The first kappa shape index (κ1) is 21.4. The Morgan fingerprint density at radius 3 is 2.50 bits per heavy atom. The number of aromatic hydroxyl groups is 1. The van der Waals surface area contributed by atoms with E-state index < -0.39 is 5.97 Å². The molecule has 0 atom stereocenters. The van der Waals surface area contributed by atoms with Crippen LogP contribution in [0.25, 0.3) is 11.6 Å². The minimum absolute atomic E-state index is 0.0324. The molecule has 1 aliphatic rings. The molecule has 1 heterocycles. The molecular formula is C24H27NO5. The number of esters is 1. The summed E-state index contributed by atoms with van der Waals surface area (Å²) in [7, 11) is 0. The fraction of sp³-hybridized carbons (Fsp3) is 0.333. The van der Waals surface area contributed by atoms with Gasteiger partial charge in [0.05, 0.1) is 12.2 Å². The van der Waals surface area contributed by atoms with Gasteiger partial charge in [0.1, 0.15) is 0 Å². The molecule has 6 nitrogen and oxygen atoms in total. The summed E-state index contributed by atoms with van der Waals surface area (Å²) in [6, 6.07) is 14.0. The van der Waals surface area contributed by atoms with Crippen LogP contribution >= 0.6 is 0 Å². The zero-order valence-electron chi connectivity index (χ0n) is 17.2. The Bertz CT molecular complexity index is 901. The number of carbonyl (C=O) groups is 2. The Morgan fingerprint density at radius 1 is 1.07 bits per heavy atom. The second-order valence-electron chi connectivity index (χ2n) is 7.10. The fourth-order valence-corrected chi connectivity index (χ4v) is 3.38. The third kappa shape index (κ3) is 5.63. The van der Waals surface area contributed by atoms with Crippen LogP contribution < -0.4 is 4.74 Å². The molecule has 3 rings (SSSR count). The van der Waals surface area contributed by atoms with Crippen LogP contribution in [0.4, 0.5) is 0 Å². The summed E-state index contributed by atoms with van der Waals surface area (Å²) < 4.78 is 10.8. The molecular weight excluding hydrogens is 382 g/mol. The molecule has 1 fully saturated rings. The summed E-state index contributed by atoms with van der Waals surface area (Å²) in [5.41, 5.74) is 1.68. The van der Waals surface area contributed by atoms with Crippen LogP contribution in [-0.2, 0) is 14.3 Å². The van der Waals surface area contributed by atoms with Crippen molar-refractivity contribution in [1.82, 2.24) is 4.90 Å². The normalized spacial score (nSPS) is 14.3. The highest BCUT2D eigenvalue weighted by Crippen LogP contribution is 2.29. The van der Waals surface area contributed by atoms with E-state index in [9.17, 15) is 14.7 Å². The quantitative estimate of drug-likeness (QED) is 0.427. The number of piperidine rings is 1.